The molecule has 0 aliphatic heterocycles. The summed E-state index contributed by atoms with van der Waals surface area (Å²) in [5, 5.41) is 2.85. The van der Waals surface area contributed by atoms with Crippen molar-refractivity contribution in [2.75, 3.05) is 13.2 Å². The van der Waals surface area contributed by atoms with Gasteiger partial charge in [-0.1, -0.05) is 62.7 Å². The Bertz CT molecular complexity index is 789. The average molecular weight is 412 g/mol. The maximum Gasteiger partial charge on any atom is 0.333 e. The number of amides is 1. The summed E-state index contributed by atoms with van der Waals surface area (Å²) < 4.78 is 11.0. The van der Waals surface area contributed by atoms with Gasteiger partial charge in [0.1, 0.15) is 5.75 Å². The quantitative estimate of drug-likeness (QED) is 0.527. The molecule has 0 fully saturated rings. The van der Waals surface area contributed by atoms with E-state index in [9.17, 15) is 9.59 Å². The summed E-state index contributed by atoms with van der Waals surface area (Å²) in [5.41, 5.74) is 1.55. The monoisotopic (exact) mass is 411 g/mol. The van der Waals surface area contributed by atoms with E-state index < -0.39 is 12.0 Å². The number of hydrogen-bond donors (Lipinski definition) is 1. The fraction of sp³-hybridized carbons (Fsp3) is 0.440. The van der Waals surface area contributed by atoms with E-state index in [0.29, 0.717) is 18.1 Å². The van der Waals surface area contributed by atoms with E-state index in [0.717, 1.165) is 24.2 Å². The molecule has 0 heterocycles. The lowest BCUT2D eigenvalue weighted by Crippen LogP contribution is -2.37. The van der Waals surface area contributed by atoms with Crippen molar-refractivity contribution in [1.29, 1.82) is 0 Å². The van der Waals surface area contributed by atoms with E-state index >= 15 is 0 Å². The zero-order valence-corrected chi connectivity index (χ0v) is 18.4. The smallest absolute Gasteiger partial charge is 0.333 e. The highest BCUT2D eigenvalue weighted by atomic mass is 16.5. The van der Waals surface area contributed by atoms with E-state index in [1.165, 1.54) is 0 Å². The SMILES string of the molecule is CCCC(C)COc1ccc([C@@H](NC(=O)[C@@H](C)c2ccccc2)C(=O)OCC)cc1. The molecule has 2 aromatic carbocycles. The predicted octanol–water partition coefficient (Wildman–Crippen LogP) is 5.03. The summed E-state index contributed by atoms with van der Waals surface area (Å²) in [6.45, 7) is 8.79. The molecule has 1 N–H and O–H groups in total. The van der Waals surface area contributed by atoms with Crippen LogP contribution in [0.25, 0.3) is 0 Å². The van der Waals surface area contributed by atoms with Crippen molar-refractivity contribution in [1.82, 2.24) is 5.32 Å². The van der Waals surface area contributed by atoms with Gasteiger partial charge in [-0.3, -0.25) is 4.79 Å². The Kier molecular flexibility index (Phi) is 9.39. The summed E-state index contributed by atoms with van der Waals surface area (Å²) in [6, 6.07) is 15.9. The van der Waals surface area contributed by atoms with Gasteiger partial charge in [-0.05, 0) is 49.4 Å². The van der Waals surface area contributed by atoms with Crippen LogP contribution in [0.2, 0.25) is 0 Å². The maximum absolute atomic E-state index is 12.8. The Morgan fingerprint density at radius 3 is 2.20 bits per heavy atom. The fourth-order valence-electron chi connectivity index (χ4n) is 3.24. The normalized spacial score (nSPS) is 13.7. The summed E-state index contributed by atoms with van der Waals surface area (Å²) in [7, 11) is 0. The van der Waals surface area contributed by atoms with Crippen molar-refractivity contribution in [3.8, 4) is 5.75 Å². The van der Waals surface area contributed by atoms with Gasteiger partial charge in [0.15, 0.2) is 6.04 Å². The number of benzene rings is 2. The Hall–Kier alpha value is -2.82. The second kappa shape index (κ2) is 12.0. The van der Waals surface area contributed by atoms with Gasteiger partial charge in [-0.15, -0.1) is 0 Å². The molecule has 0 aliphatic carbocycles. The molecule has 0 bridgehead atoms. The summed E-state index contributed by atoms with van der Waals surface area (Å²) in [6.07, 6.45) is 2.25. The molecule has 0 aromatic heterocycles. The predicted molar refractivity (Wildman–Crippen MR) is 118 cm³/mol. The second-order valence-corrected chi connectivity index (χ2v) is 7.60. The van der Waals surface area contributed by atoms with Crippen molar-refractivity contribution in [3.05, 3.63) is 65.7 Å². The summed E-state index contributed by atoms with van der Waals surface area (Å²) in [4.78, 5) is 25.3. The molecule has 2 aromatic rings. The van der Waals surface area contributed by atoms with Crippen LogP contribution < -0.4 is 10.1 Å². The maximum atomic E-state index is 12.8. The van der Waals surface area contributed by atoms with E-state index in [2.05, 4.69) is 19.2 Å². The van der Waals surface area contributed by atoms with Crippen LogP contribution in [0.5, 0.6) is 5.75 Å². The number of ether oxygens (including phenoxy) is 2. The van der Waals surface area contributed by atoms with Gasteiger partial charge in [0, 0.05) is 0 Å². The fourth-order valence-corrected chi connectivity index (χ4v) is 3.24. The lowest BCUT2D eigenvalue weighted by atomic mass is 9.99. The number of esters is 1. The van der Waals surface area contributed by atoms with Gasteiger partial charge in [-0.25, -0.2) is 4.79 Å². The number of rotatable bonds is 11. The van der Waals surface area contributed by atoms with Gasteiger partial charge in [0.2, 0.25) is 5.91 Å². The molecule has 1 unspecified atom stereocenters. The number of nitrogens with one attached hydrogen (secondary N) is 1. The first kappa shape index (κ1) is 23.5. The van der Waals surface area contributed by atoms with Gasteiger partial charge >= 0.3 is 5.97 Å². The third-order valence-electron chi connectivity index (χ3n) is 5.03. The first-order valence-electron chi connectivity index (χ1n) is 10.7. The minimum atomic E-state index is -0.864. The molecular weight excluding hydrogens is 378 g/mol. The topological polar surface area (TPSA) is 64.6 Å². The van der Waals surface area contributed by atoms with E-state index in [4.69, 9.17) is 9.47 Å². The molecule has 1 amide bonds. The second-order valence-electron chi connectivity index (χ2n) is 7.60. The third kappa shape index (κ3) is 6.90. The van der Waals surface area contributed by atoms with Crippen LogP contribution in [0.1, 0.15) is 63.6 Å². The molecule has 0 aliphatic rings. The van der Waals surface area contributed by atoms with Crippen LogP contribution in [0.3, 0.4) is 0 Å². The molecule has 5 heteroatoms. The van der Waals surface area contributed by atoms with Gasteiger partial charge in [-0.2, -0.15) is 0 Å². The highest BCUT2D eigenvalue weighted by Crippen LogP contribution is 2.22. The molecule has 2 rings (SSSR count). The van der Waals surface area contributed by atoms with Crippen molar-refractivity contribution < 1.29 is 19.1 Å². The Morgan fingerprint density at radius 2 is 1.60 bits per heavy atom. The van der Waals surface area contributed by atoms with Crippen molar-refractivity contribution in [3.63, 3.8) is 0 Å². The number of hydrogen-bond acceptors (Lipinski definition) is 4. The van der Waals surface area contributed by atoms with E-state index in [1.54, 1.807) is 19.1 Å². The summed E-state index contributed by atoms with van der Waals surface area (Å²) in [5.74, 6) is 0.143. The molecule has 5 nitrogen and oxygen atoms in total. The molecule has 0 saturated heterocycles. The standard InChI is InChI=1S/C25H33NO4/c1-5-10-18(3)17-30-22-15-13-21(14-16-22)23(25(28)29-6-2)26-24(27)19(4)20-11-8-7-9-12-20/h7-9,11-16,18-19,23H,5-6,10,17H2,1-4H3,(H,26,27)/t18?,19-,23+/m0/s1. The molecular formula is C25H33NO4. The van der Waals surface area contributed by atoms with Crippen LogP contribution in [0.15, 0.2) is 54.6 Å². The molecule has 0 spiro atoms. The van der Waals surface area contributed by atoms with Crippen LogP contribution in [-0.4, -0.2) is 25.1 Å². The Balaban J connectivity index is 2.10. The molecule has 3 atom stereocenters. The lowest BCUT2D eigenvalue weighted by molar-refractivity contribution is -0.147. The average Bonchev–Trinajstić information content (AvgIpc) is 2.76. The van der Waals surface area contributed by atoms with Crippen LogP contribution in [-0.2, 0) is 14.3 Å². The molecule has 0 radical (unpaired) electrons. The Labute approximate surface area is 179 Å². The van der Waals surface area contributed by atoms with Gasteiger partial charge < -0.3 is 14.8 Å². The van der Waals surface area contributed by atoms with Crippen molar-refractivity contribution in [2.45, 2.75) is 52.5 Å². The first-order valence-corrected chi connectivity index (χ1v) is 10.7. The van der Waals surface area contributed by atoms with Crippen LogP contribution in [0.4, 0.5) is 0 Å². The first-order chi connectivity index (χ1) is 14.5. The van der Waals surface area contributed by atoms with Crippen molar-refractivity contribution >= 4 is 11.9 Å². The molecule has 162 valence electrons. The zero-order chi connectivity index (χ0) is 21.9. The largest absolute Gasteiger partial charge is 0.493 e. The van der Waals surface area contributed by atoms with Crippen LogP contribution >= 0.6 is 0 Å². The van der Waals surface area contributed by atoms with Gasteiger partial charge in [0.05, 0.1) is 19.1 Å². The lowest BCUT2D eigenvalue weighted by Gasteiger charge is -2.21. The molecule has 30 heavy (non-hydrogen) atoms. The number of carbonyl (C=O) groups excluding carboxylic acids is 2. The van der Waals surface area contributed by atoms with E-state index in [1.807, 2.05) is 49.4 Å². The zero-order valence-electron chi connectivity index (χ0n) is 18.4. The van der Waals surface area contributed by atoms with Crippen LogP contribution in [0, 0.1) is 5.92 Å². The van der Waals surface area contributed by atoms with Crippen molar-refractivity contribution in [2.24, 2.45) is 5.92 Å². The highest BCUT2D eigenvalue weighted by Gasteiger charge is 2.26. The van der Waals surface area contributed by atoms with Gasteiger partial charge in [0.25, 0.3) is 0 Å². The highest BCUT2D eigenvalue weighted by molar-refractivity contribution is 5.89. The molecule has 0 saturated carbocycles. The van der Waals surface area contributed by atoms with E-state index in [-0.39, 0.29) is 18.4 Å². The number of carbonyl (C=O) groups is 2. The Morgan fingerprint density at radius 1 is 0.933 bits per heavy atom. The third-order valence-corrected chi connectivity index (χ3v) is 5.03. The minimum absolute atomic E-state index is 0.229. The summed E-state index contributed by atoms with van der Waals surface area (Å²) >= 11 is 0. The minimum Gasteiger partial charge on any atom is -0.493 e.